The SMILES string of the molecule is COCCCOc1cc(C(=O)N(C(C)C)[C@@H]2CCCN(C(=O)OC(C)(C)C)C2)c(Br)cc1-c1cc(C(=O)N2CCOCC2)ccc1F. The van der Waals surface area contributed by atoms with E-state index in [1.165, 1.54) is 18.2 Å². The molecule has 3 amide bonds. The van der Waals surface area contributed by atoms with Gasteiger partial charge in [-0.2, -0.15) is 0 Å². The highest BCUT2D eigenvalue weighted by atomic mass is 79.9. The van der Waals surface area contributed by atoms with Gasteiger partial charge in [0, 0.05) is 73.5 Å². The molecule has 2 aliphatic heterocycles. The molecule has 0 aromatic heterocycles. The van der Waals surface area contributed by atoms with E-state index in [-0.39, 0.29) is 36.1 Å². The van der Waals surface area contributed by atoms with Gasteiger partial charge >= 0.3 is 6.09 Å². The first kappa shape index (κ1) is 36.6. The average molecular weight is 721 g/mol. The maximum Gasteiger partial charge on any atom is 0.410 e. The van der Waals surface area contributed by atoms with Crippen molar-refractivity contribution in [1.82, 2.24) is 14.7 Å². The lowest BCUT2D eigenvalue weighted by atomic mass is 9.97. The molecule has 2 heterocycles. The number of ether oxygens (including phenoxy) is 4. The molecule has 2 aromatic rings. The normalized spacial score (nSPS) is 17.1. The van der Waals surface area contributed by atoms with Crippen LogP contribution in [0.2, 0.25) is 0 Å². The number of amides is 3. The molecule has 258 valence electrons. The van der Waals surface area contributed by atoms with Gasteiger partial charge in [0.05, 0.1) is 31.4 Å². The maximum atomic E-state index is 15.5. The van der Waals surface area contributed by atoms with Gasteiger partial charge in [-0.3, -0.25) is 9.59 Å². The second-order valence-corrected chi connectivity index (χ2v) is 14.0. The van der Waals surface area contributed by atoms with Gasteiger partial charge in [0.2, 0.25) is 0 Å². The maximum absolute atomic E-state index is 15.5. The molecule has 47 heavy (non-hydrogen) atoms. The molecule has 0 N–H and O–H groups in total. The summed E-state index contributed by atoms with van der Waals surface area (Å²) in [7, 11) is 1.60. The fraction of sp³-hybridized carbons (Fsp3) is 0.571. The Labute approximate surface area is 285 Å². The topological polar surface area (TPSA) is 97.8 Å². The van der Waals surface area contributed by atoms with Gasteiger partial charge in [-0.05, 0) is 93.7 Å². The molecule has 2 saturated heterocycles. The molecular weight excluding hydrogens is 673 g/mol. The third kappa shape index (κ3) is 9.45. The zero-order chi connectivity index (χ0) is 34.3. The molecule has 0 aliphatic carbocycles. The number of hydrogen-bond donors (Lipinski definition) is 0. The molecular formula is C35H47BrFN3O7. The number of nitrogens with zero attached hydrogens (tertiary/aromatic N) is 3. The van der Waals surface area contributed by atoms with Crippen LogP contribution >= 0.6 is 15.9 Å². The lowest BCUT2D eigenvalue weighted by molar-refractivity contribution is 0.00750. The van der Waals surface area contributed by atoms with Crippen LogP contribution in [0.5, 0.6) is 5.75 Å². The summed E-state index contributed by atoms with van der Waals surface area (Å²) in [4.78, 5) is 45.6. The molecule has 12 heteroatoms. The van der Waals surface area contributed by atoms with E-state index in [9.17, 15) is 14.4 Å². The van der Waals surface area contributed by atoms with Crippen LogP contribution in [0.25, 0.3) is 11.1 Å². The zero-order valence-electron chi connectivity index (χ0n) is 28.3. The Hall–Kier alpha value is -3.22. The standard InChI is InChI=1S/C35H47BrFN3O7/c1-23(2)40(25-9-7-12-39(22-25)34(43)47-35(3,4)5)33(42)28-21-31(46-16-8-15-44-6)27(20-29(28)36)26-19-24(10-11-30(26)37)32(41)38-13-17-45-18-14-38/h10-11,19-21,23,25H,7-9,12-18,22H2,1-6H3/t25-/m1/s1. The third-order valence-corrected chi connectivity index (χ3v) is 8.74. The van der Waals surface area contributed by atoms with E-state index in [4.69, 9.17) is 18.9 Å². The monoisotopic (exact) mass is 719 g/mol. The molecule has 2 fully saturated rings. The number of carbonyl (C=O) groups excluding carboxylic acids is 3. The smallest absolute Gasteiger partial charge is 0.410 e. The number of morpholine rings is 1. The van der Waals surface area contributed by atoms with E-state index < -0.39 is 17.5 Å². The first-order chi connectivity index (χ1) is 22.3. The molecule has 2 aromatic carbocycles. The van der Waals surface area contributed by atoms with Gasteiger partial charge in [0.25, 0.3) is 11.8 Å². The van der Waals surface area contributed by atoms with Crippen molar-refractivity contribution in [3.8, 4) is 16.9 Å². The van der Waals surface area contributed by atoms with Crippen molar-refractivity contribution in [3.63, 3.8) is 0 Å². The number of methoxy groups -OCH3 is 1. The minimum Gasteiger partial charge on any atom is -0.493 e. The van der Waals surface area contributed by atoms with E-state index >= 15 is 4.39 Å². The van der Waals surface area contributed by atoms with Gasteiger partial charge in [-0.25, -0.2) is 9.18 Å². The summed E-state index contributed by atoms with van der Waals surface area (Å²) in [5, 5.41) is 0. The second-order valence-electron chi connectivity index (χ2n) is 13.2. The molecule has 0 bridgehead atoms. The van der Waals surface area contributed by atoms with Crippen LogP contribution in [0.1, 0.15) is 74.6 Å². The van der Waals surface area contributed by atoms with Crippen LogP contribution in [0.15, 0.2) is 34.8 Å². The van der Waals surface area contributed by atoms with Crippen molar-refractivity contribution in [3.05, 3.63) is 51.7 Å². The molecule has 0 radical (unpaired) electrons. The molecule has 1 atom stereocenters. The van der Waals surface area contributed by atoms with Crippen molar-refractivity contribution in [2.45, 2.75) is 71.6 Å². The Balaban J connectivity index is 1.69. The Morgan fingerprint density at radius 1 is 1.04 bits per heavy atom. The number of hydrogen-bond acceptors (Lipinski definition) is 7. The third-order valence-electron chi connectivity index (χ3n) is 8.08. The minimum absolute atomic E-state index is 0.177. The Bertz CT molecular complexity index is 1420. The number of piperidine rings is 1. The van der Waals surface area contributed by atoms with Crippen LogP contribution in [0.4, 0.5) is 9.18 Å². The Kier molecular flexibility index (Phi) is 12.7. The number of halogens is 2. The summed E-state index contributed by atoms with van der Waals surface area (Å²) < 4.78 is 38.3. The summed E-state index contributed by atoms with van der Waals surface area (Å²) in [5.41, 5.74) is 0.664. The highest BCUT2D eigenvalue weighted by Gasteiger charge is 2.35. The van der Waals surface area contributed by atoms with Crippen molar-refractivity contribution in [2.24, 2.45) is 0 Å². The van der Waals surface area contributed by atoms with Crippen LogP contribution in [-0.4, -0.2) is 110 Å². The van der Waals surface area contributed by atoms with E-state index in [1.807, 2.05) is 34.6 Å². The summed E-state index contributed by atoms with van der Waals surface area (Å²) in [6.07, 6.45) is 1.64. The van der Waals surface area contributed by atoms with E-state index in [2.05, 4.69) is 15.9 Å². The minimum atomic E-state index is -0.626. The quantitative estimate of drug-likeness (QED) is 0.263. The van der Waals surface area contributed by atoms with Gasteiger partial charge in [-0.15, -0.1) is 0 Å². The molecule has 10 nitrogen and oxygen atoms in total. The zero-order valence-corrected chi connectivity index (χ0v) is 29.9. The molecule has 0 unspecified atom stereocenters. The van der Waals surface area contributed by atoms with Gasteiger partial charge in [-0.1, -0.05) is 0 Å². The first-order valence-corrected chi connectivity index (χ1v) is 17.0. The summed E-state index contributed by atoms with van der Waals surface area (Å²) in [6, 6.07) is 7.19. The number of rotatable bonds is 10. The van der Waals surface area contributed by atoms with Gasteiger partial charge in [0.1, 0.15) is 17.2 Å². The Morgan fingerprint density at radius 3 is 2.43 bits per heavy atom. The Morgan fingerprint density at radius 2 is 1.77 bits per heavy atom. The van der Waals surface area contributed by atoms with Crippen LogP contribution in [0.3, 0.4) is 0 Å². The molecule has 0 spiro atoms. The van der Waals surface area contributed by atoms with Crippen molar-refractivity contribution < 1.29 is 37.7 Å². The van der Waals surface area contributed by atoms with Crippen LogP contribution in [0, 0.1) is 5.82 Å². The number of carbonyl (C=O) groups is 3. The van der Waals surface area contributed by atoms with Crippen LogP contribution in [-0.2, 0) is 14.2 Å². The van der Waals surface area contributed by atoms with Crippen LogP contribution < -0.4 is 4.74 Å². The number of likely N-dealkylation sites (tertiary alicyclic amines) is 1. The summed E-state index contributed by atoms with van der Waals surface area (Å²) >= 11 is 3.60. The fourth-order valence-electron chi connectivity index (χ4n) is 5.88. The lowest BCUT2D eigenvalue weighted by Crippen LogP contribution is -2.54. The van der Waals surface area contributed by atoms with Gasteiger partial charge in [0.15, 0.2) is 0 Å². The average Bonchev–Trinajstić information content (AvgIpc) is 3.03. The molecule has 2 aliphatic rings. The highest BCUT2D eigenvalue weighted by molar-refractivity contribution is 9.10. The summed E-state index contributed by atoms with van der Waals surface area (Å²) in [5.74, 6) is -0.661. The van der Waals surface area contributed by atoms with Crippen molar-refractivity contribution in [2.75, 3.05) is 59.7 Å². The van der Waals surface area contributed by atoms with E-state index in [0.29, 0.717) is 79.3 Å². The van der Waals surface area contributed by atoms with E-state index in [0.717, 1.165) is 12.8 Å². The number of benzene rings is 2. The second kappa shape index (κ2) is 16.3. The molecule has 0 saturated carbocycles. The first-order valence-electron chi connectivity index (χ1n) is 16.2. The lowest BCUT2D eigenvalue weighted by Gasteiger charge is -2.41. The molecule has 4 rings (SSSR count). The summed E-state index contributed by atoms with van der Waals surface area (Å²) in [6.45, 7) is 12.9. The van der Waals surface area contributed by atoms with Crippen molar-refractivity contribution >= 4 is 33.8 Å². The fourth-order valence-corrected chi connectivity index (χ4v) is 6.39. The highest BCUT2D eigenvalue weighted by Crippen LogP contribution is 2.38. The predicted octanol–water partition coefficient (Wildman–Crippen LogP) is 6.39. The largest absolute Gasteiger partial charge is 0.493 e. The van der Waals surface area contributed by atoms with Gasteiger partial charge < -0.3 is 33.6 Å². The predicted molar refractivity (Wildman–Crippen MR) is 180 cm³/mol. The van der Waals surface area contributed by atoms with Crippen molar-refractivity contribution in [1.29, 1.82) is 0 Å². The van der Waals surface area contributed by atoms with E-state index in [1.54, 1.807) is 33.9 Å².